The largest absolute Gasteiger partial charge is 0.324 e. The fourth-order valence-corrected chi connectivity index (χ4v) is 3.43. The van der Waals surface area contributed by atoms with E-state index in [4.69, 9.17) is 23.2 Å². The molecule has 4 rings (SSSR count). The lowest BCUT2D eigenvalue weighted by atomic mass is 10.1. The molecule has 0 atom stereocenters. The molecule has 0 radical (unpaired) electrons. The van der Waals surface area contributed by atoms with E-state index >= 15 is 0 Å². The number of carbonyl (C=O) groups excluding carboxylic acids is 2. The van der Waals surface area contributed by atoms with Gasteiger partial charge in [-0.05, 0) is 35.9 Å². The quantitative estimate of drug-likeness (QED) is 0.376. The molecule has 150 valence electrons. The molecule has 0 saturated carbocycles. The van der Waals surface area contributed by atoms with Crippen LogP contribution in [0.3, 0.4) is 0 Å². The molecule has 30 heavy (non-hydrogen) atoms. The van der Waals surface area contributed by atoms with E-state index in [1.165, 1.54) is 17.4 Å². The fourth-order valence-electron chi connectivity index (χ4n) is 2.60. The van der Waals surface area contributed by atoms with Crippen LogP contribution < -0.4 is 10.6 Å². The summed E-state index contributed by atoms with van der Waals surface area (Å²) >= 11 is 13.2. The van der Waals surface area contributed by atoms with Gasteiger partial charge < -0.3 is 10.3 Å². The Bertz CT molecular complexity index is 1210. The van der Waals surface area contributed by atoms with Gasteiger partial charge in [-0.1, -0.05) is 35.3 Å². The lowest BCUT2D eigenvalue weighted by molar-refractivity contribution is 0.101. The van der Waals surface area contributed by atoms with Crippen LogP contribution in [0, 0.1) is 0 Å². The number of nitrogens with one attached hydrogen (secondary N) is 3. The van der Waals surface area contributed by atoms with Crippen LogP contribution in [0.1, 0.15) is 20.8 Å². The first kappa shape index (κ1) is 20.1. The molecule has 0 unspecified atom stereocenters. The molecule has 2 heterocycles. The first-order chi connectivity index (χ1) is 14.5. The van der Waals surface area contributed by atoms with Gasteiger partial charge in [0.25, 0.3) is 11.8 Å². The maximum atomic E-state index is 12.4. The Morgan fingerprint density at radius 2 is 1.73 bits per heavy atom. The number of nitrogens with zero attached hydrogens (tertiary/aromatic N) is 2. The van der Waals surface area contributed by atoms with Crippen molar-refractivity contribution in [2.24, 2.45) is 0 Å². The van der Waals surface area contributed by atoms with Gasteiger partial charge in [0.1, 0.15) is 5.69 Å². The highest BCUT2D eigenvalue weighted by Gasteiger charge is 2.12. The van der Waals surface area contributed by atoms with E-state index in [9.17, 15) is 9.59 Å². The Morgan fingerprint density at radius 3 is 2.43 bits per heavy atom. The van der Waals surface area contributed by atoms with Gasteiger partial charge in [-0.25, -0.2) is 9.97 Å². The first-order valence-corrected chi connectivity index (χ1v) is 10.3. The topological polar surface area (TPSA) is 99.8 Å². The zero-order valence-corrected chi connectivity index (χ0v) is 17.5. The third-order valence-electron chi connectivity index (χ3n) is 4.11. The van der Waals surface area contributed by atoms with Crippen molar-refractivity contribution in [3.05, 3.63) is 80.9 Å². The SMILES string of the molecule is O=C(Nc1ncc(-c2ccc(NC(=O)c3cscn3)cc2)[nH]1)c1ccc(Cl)c(Cl)c1. The van der Waals surface area contributed by atoms with Gasteiger partial charge in [-0.2, -0.15) is 0 Å². The summed E-state index contributed by atoms with van der Waals surface area (Å²) < 4.78 is 0. The molecule has 3 N–H and O–H groups in total. The average Bonchev–Trinajstić information content (AvgIpc) is 3.43. The second-order valence-electron chi connectivity index (χ2n) is 6.13. The van der Waals surface area contributed by atoms with Gasteiger partial charge in [0.05, 0.1) is 27.4 Å². The van der Waals surface area contributed by atoms with Crippen LogP contribution in [-0.2, 0) is 0 Å². The second kappa shape index (κ2) is 8.66. The molecule has 2 amide bonds. The zero-order chi connectivity index (χ0) is 21.1. The summed E-state index contributed by atoms with van der Waals surface area (Å²) in [7, 11) is 0. The van der Waals surface area contributed by atoms with E-state index in [0.29, 0.717) is 38.6 Å². The molecule has 0 aliphatic heterocycles. The van der Waals surface area contributed by atoms with Gasteiger partial charge in [-0.3, -0.25) is 14.9 Å². The van der Waals surface area contributed by atoms with E-state index in [2.05, 4.69) is 25.6 Å². The molecule has 0 aliphatic carbocycles. The Kier molecular flexibility index (Phi) is 5.80. The lowest BCUT2D eigenvalue weighted by Gasteiger charge is -2.05. The minimum absolute atomic E-state index is 0.266. The Morgan fingerprint density at radius 1 is 0.933 bits per heavy atom. The molecule has 2 aromatic carbocycles. The molecule has 0 aliphatic rings. The van der Waals surface area contributed by atoms with Crippen molar-refractivity contribution in [1.29, 1.82) is 0 Å². The minimum atomic E-state index is -0.366. The third kappa shape index (κ3) is 4.51. The summed E-state index contributed by atoms with van der Waals surface area (Å²) in [5, 5.41) is 7.82. The Hall–Kier alpha value is -3.20. The van der Waals surface area contributed by atoms with Crippen LogP contribution in [-0.4, -0.2) is 26.8 Å². The number of imidazole rings is 1. The summed E-state index contributed by atoms with van der Waals surface area (Å²) in [6.45, 7) is 0. The molecule has 7 nitrogen and oxygen atoms in total. The van der Waals surface area contributed by atoms with Crippen LogP contribution in [0.15, 0.2) is 59.6 Å². The normalized spacial score (nSPS) is 10.6. The number of aromatic nitrogens is 3. The standard InChI is InChI=1S/C20H13Cl2N5O2S/c21-14-6-3-12(7-15(14)22)18(28)27-20-23-8-16(26-20)11-1-4-13(5-2-11)25-19(29)17-9-30-10-24-17/h1-10H,(H,25,29)(H2,23,26,27,28). The van der Waals surface area contributed by atoms with Crippen LogP contribution in [0.25, 0.3) is 11.3 Å². The van der Waals surface area contributed by atoms with Crippen molar-refractivity contribution in [1.82, 2.24) is 15.0 Å². The third-order valence-corrected chi connectivity index (χ3v) is 5.43. The Labute approximate surface area is 185 Å². The molecule has 0 bridgehead atoms. The van der Waals surface area contributed by atoms with Gasteiger partial charge in [0.2, 0.25) is 5.95 Å². The Balaban J connectivity index is 1.42. The zero-order valence-electron chi connectivity index (χ0n) is 15.1. The predicted molar refractivity (Wildman–Crippen MR) is 119 cm³/mol. The van der Waals surface area contributed by atoms with Crippen LogP contribution in [0.4, 0.5) is 11.6 Å². The highest BCUT2D eigenvalue weighted by molar-refractivity contribution is 7.07. The monoisotopic (exact) mass is 457 g/mol. The molecule has 0 saturated heterocycles. The summed E-state index contributed by atoms with van der Waals surface area (Å²) in [4.78, 5) is 35.6. The number of hydrogen-bond acceptors (Lipinski definition) is 5. The van der Waals surface area contributed by atoms with E-state index in [1.807, 2.05) is 12.1 Å². The summed E-state index contributed by atoms with van der Waals surface area (Å²) in [5.74, 6) is -0.339. The number of anilines is 2. The number of amides is 2. The number of H-pyrrole nitrogens is 1. The maximum absolute atomic E-state index is 12.4. The minimum Gasteiger partial charge on any atom is -0.324 e. The van der Waals surface area contributed by atoms with Crippen molar-refractivity contribution in [2.45, 2.75) is 0 Å². The predicted octanol–water partition coefficient (Wildman–Crippen LogP) is 5.34. The van der Waals surface area contributed by atoms with Crippen LogP contribution in [0.5, 0.6) is 0 Å². The molecule has 0 spiro atoms. The molecular weight excluding hydrogens is 445 g/mol. The highest BCUT2D eigenvalue weighted by atomic mass is 35.5. The van der Waals surface area contributed by atoms with Crippen LogP contribution >= 0.6 is 34.5 Å². The van der Waals surface area contributed by atoms with Gasteiger partial charge in [0, 0.05) is 16.6 Å². The van der Waals surface area contributed by atoms with Crippen molar-refractivity contribution >= 4 is 58.0 Å². The first-order valence-electron chi connectivity index (χ1n) is 8.61. The summed E-state index contributed by atoms with van der Waals surface area (Å²) in [5.41, 5.74) is 4.53. The lowest BCUT2D eigenvalue weighted by Crippen LogP contribution is -2.12. The van der Waals surface area contributed by atoms with E-state index in [-0.39, 0.29) is 11.8 Å². The molecule has 0 fully saturated rings. The molecular formula is C20H13Cl2N5O2S. The molecule has 10 heteroatoms. The number of carbonyl (C=O) groups is 2. The van der Waals surface area contributed by atoms with Crippen molar-refractivity contribution in [3.63, 3.8) is 0 Å². The van der Waals surface area contributed by atoms with Crippen molar-refractivity contribution in [2.75, 3.05) is 10.6 Å². The fraction of sp³-hybridized carbons (Fsp3) is 0. The van der Waals surface area contributed by atoms with Crippen LogP contribution in [0.2, 0.25) is 10.0 Å². The van der Waals surface area contributed by atoms with Crippen molar-refractivity contribution in [3.8, 4) is 11.3 Å². The summed E-state index contributed by atoms with van der Waals surface area (Å²) in [6.07, 6.45) is 1.60. The van der Waals surface area contributed by atoms with Crippen molar-refractivity contribution < 1.29 is 9.59 Å². The number of benzene rings is 2. The van der Waals surface area contributed by atoms with E-state index in [1.54, 1.807) is 41.4 Å². The van der Waals surface area contributed by atoms with Gasteiger partial charge >= 0.3 is 0 Å². The van der Waals surface area contributed by atoms with Gasteiger partial charge in [0.15, 0.2) is 0 Å². The number of rotatable bonds is 5. The van der Waals surface area contributed by atoms with E-state index < -0.39 is 0 Å². The molecule has 2 aromatic heterocycles. The van der Waals surface area contributed by atoms with Gasteiger partial charge in [-0.15, -0.1) is 11.3 Å². The molecule has 4 aromatic rings. The number of aromatic amines is 1. The highest BCUT2D eigenvalue weighted by Crippen LogP contribution is 2.24. The average molecular weight is 458 g/mol. The maximum Gasteiger partial charge on any atom is 0.275 e. The summed E-state index contributed by atoms with van der Waals surface area (Å²) in [6, 6.07) is 11.8. The number of thiazole rings is 1. The smallest absolute Gasteiger partial charge is 0.275 e. The second-order valence-corrected chi connectivity index (χ2v) is 7.67. The van der Waals surface area contributed by atoms with E-state index in [0.717, 1.165) is 5.56 Å². The number of hydrogen-bond donors (Lipinski definition) is 3. The number of halogens is 2.